The van der Waals surface area contributed by atoms with Crippen molar-refractivity contribution >= 4 is 23.2 Å². The molecule has 0 bridgehead atoms. The van der Waals surface area contributed by atoms with Gasteiger partial charge < -0.3 is 5.32 Å². The molecule has 4 nitrogen and oxygen atoms in total. The molecule has 1 fully saturated rings. The van der Waals surface area contributed by atoms with Crippen LogP contribution in [0.5, 0.6) is 0 Å². The molecule has 0 spiro atoms. The number of hydrogen-bond acceptors (Lipinski definition) is 4. The summed E-state index contributed by atoms with van der Waals surface area (Å²) >= 11 is 0. The van der Waals surface area contributed by atoms with Crippen LogP contribution < -0.4 is 5.32 Å². The molecule has 1 aliphatic heterocycles. The highest BCUT2D eigenvalue weighted by atomic mass is 35.5. The third-order valence-electron chi connectivity index (χ3n) is 2.09. The standard InChI is InChI=1S/C8H10FN3OS.ClH/c9-6-3-11-8(12-4-6)14(13)7-1-2-10-5-7;/h3-4,7,10H,1-2,5H2;1H/t7-,14?;/m0./s1. The van der Waals surface area contributed by atoms with Crippen molar-refractivity contribution in [1.82, 2.24) is 15.3 Å². The van der Waals surface area contributed by atoms with Crippen LogP contribution in [0.1, 0.15) is 6.42 Å². The fraction of sp³-hybridized carbons (Fsp3) is 0.500. The lowest BCUT2D eigenvalue weighted by molar-refractivity contribution is 0.601. The van der Waals surface area contributed by atoms with Crippen LogP contribution in [0.3, 0.4) is 0 Å². The Morgan fingerprint density at radius 3 is 2.67 bits per heavy atom. The van der Waals surface area contributed by atoms with Crippen molar-refractivity contribution in [3.8, 4) is 0 Å². The zero-order valence-corrected chi connectivity index (χ0v) is 9.48. The molecule has 0 radical (unpaired) electrons. The Kier molecular flexibility index (Phi) is 4.56. The molecular formula is C8H11ClFN3OS. The number of hydrogen-bond donors (Lipinski definition) is 1. The Labute approximate surface area is 95.6 Å². The first kappa shape index (κ1) is 12.5. The van der Waals surface area contributed by atoms with Gasteiger partial charge in [-0.05, 0) is 13.0 Å². The van der Waals surface area contributed by atoms with Crippen molar-refractivity contribution < 1.29 is 8.60 Å². The smallest absolute Gasteiger partial charge is 0.218 e. The van der Waals surface area contributed by atoms with E-state index in [2.05, 4.69) is 15.3 Å². The van der Waals surface area contributed by atoms with E-state index in [9.17, 15) is 8.60 Å². The van der Waals surface area contributed by atoms with E-state index in [1.54, 1.807) is 0 Å². The van der Waals surface area contributed by atoms with Gasteiger partial charge in [-0.3, -0.25) is 4.21 Å². The molecule has 1 saturated heterocycles. The van der Waals surface area contributed by atoms with E-state index >= 15 is 0 Å². The SMILES string of the molecule is Cl.O=S(c1ncc(F)cn1)[C@H]1CCNC1. The quantitative estimate of drug-likeness (QED) is 0.778. The zero-order chi connectivity index (χ0) is 9.97. The topological polar surface area (TPSA) is 54.9 Å². The highest BCUT2D eigenvalue weighted by molar-refractivity contribution is 7.85. The first-order chi connectivity index (χ1) is 6.77. The fourth-order valence-electron chi connectivity index (χ4n) is 1.36. The van der Waals surface area contributed by atoms with Crippen LogP contribution in [0.4, 0.5) is 4.39 Å². The van der Waals surface area contributed by atoms with Crippen LogP contribution in [0.2, 0.25) is 0 Å². The van der Waals surface area contributed by atoms with E-state index < -0.39 is 16.6 Å². The van der Waals surface area contributed by atoms with Crippen LogP contribution in [0.25, 0.3) is 0 Å². The molecule has 84 valence electrons. The summed E-state index contributed by atoms with van der Waals surface area (Å²) in [6.45, 7) is 1.59. The summed E-state index contributed by atoms with van der Waals surface area (Å²) in [5.74, 6) is -0.504. The molecule has 2 heterocycles. The average Bonchev–Trinajstić information content (AvgIpc) is 2.71. The summed E-state index contributed by atoms with van der Waals surface area (Å²) in [5, 5.41) is 3.39. The third-order valence-corrected chi connectivity index (χ3v) is 3.67. The Morgan fingerprint density at radius 2 is 2.13 bits per heavy atom. The van der Waals surface area contributed by atoms with Crippen molar-refractivity contribution in [1.29, 1.82) is 0 Å². The second kappa shape index (κ2) is 5.48. The van der Waals surface area contributed by atoms with Crippen LogP contribution in [-0.2, 0) is 10.8 Å². The molecule has 0 aromatic carbocycles. The molecule has 1 unspecified atom stereocenters. The highest BCUT2D eigenvalue weighted by Crippen LogP contribution is 2.11. The number of nitrogens with zero attached hydrogens (tertiary/aromatic N) is 2. The lowest BCUT2D eigenvalue weighted by Gasteiger charge is -2.05. The summed E-state index contributed by atoms with van der Waals surface area (Å²) in [6, 6.07) is 0. The molecule has 1 aromatic rings. The van der Waals surface area contributed by atoms with E-state index in [0.717, 1.165) is 25.4 Å². The van der Waals surface area contributed by atoms with Gasteiger partial charge in [-0.15, -0.1) is 12.4 Å². The Morgan fingerprint density at radius 1 is 1.47 bits per heavy atom. The van der Waals surface area contributed by atoms with Gasteiger partial charge in [0.1, 0.15) is 0 Å². The van der Waals surface area contributed by atoms with E-state index in [1.165, 1.54) is 0 Å². The molecule has 1 aliphatic rings. The van der Waals surface area contributed by atoms with E-state index in [1.807, 2.05) is 0 Å². The molecular weight excluding hydrogens is 241 g/mol. The predicted octanol–water partition coefficient (Wildman–Crippen LogP) is 0.507. The average molecular weight is 252 g/mol. The first-order valence-electron chi connectivity index (χ1n) is 4.36. The van der Waals surface area contributed by atoms with Gasteiger partial charge in [0.2, 0.25) is 5.16 Å². The van der Waals surface area contributed by atoms with Gasteiger partial charge in [0.05, 0.1) is 28.4 Å². The number of aromatic nitrogens is 2. The van der Waals surface area contributed by atoms with Crippen LogP contribution in [-0.4, -0.2) is 32.5 Å². The van der Waals surface area contributed by atoms with Crippen molar-refractivity contribution in [3.63, 3.8) is 0 Å². The zero-order valence-electron chi connectivity index (χ0n) is 7.85. The molecule has 0 amide bonds. The van der Waals surface area contributed by atoms with E-state index in [0.29, 0.717) is 6.54 Å². The maximum absolute atomic E-state index is 12.5. The molecule has 15 heavy (non-hydrogen) atoms. The summed E-state index contributed by atoms with van der Waals surface area (Å²) in [6.07, 6.45) is 2.94. The summed E-state index contributed by atoms with van der Waals surface area (Å²) in [7, 11) is -1.22. The Hall–Kier alpha value is -0.590. The molecule has 0 aliphatic carbocycles. The normalized spacial score (nSPS) is 22.1. The van der Waals surface area contributed by atoms with Crippen molar-refractivity contribution in [2.45, 2.75) is 16.8 Å². The Bertz CT molecular complexity index is 342. The molecule has 2 rings (SSSR count). The van der Waals surface area contributed by atoms with Crippen LogP contribution in [0.15, 0.2) is 17.6 Å². The number of rotatable bonds is 2. The molecule has 7 heteroatoms. The predicted molar refractivity (Wildman–Crippen MR) is 56.9 cm³/mol. The van der Waals surface area contributed by atoms with Gasteiger partial charge in [0.25, 0.3) is 0 Å². The first-order valence-corrected chi connectivity index (χ1v) is 5.57. The molecule has 1 aromatic heterocycles. The summed E-state index contributed by atoms with van der Waals surface area (Å²) < 4.78 is 24.3. The highest BCUT2D eigenvalue weighted by Gasteiger charge is 2.23. The second-order valence-corrected chi connectivity index (χ2v) is 4.72. The van der Waals surface area contributed by atoms with Gasteiger partial charge in [-0.2, -0.15) is 0 Å². The Balaban J connectivity index is 0.00000112. The monoisotopic (exact) mass is 251 g/mol. The van der Waals surface area contributed by atoms with Crippen molar-refractivity contribution in [2.24, 2.45) is 0 Å². The van der Waals surface area contributed by atoms with Crippen LogP contribution in [0, 0.1) is 5.82 Å². The largest absolute Gasteiger partial charge is 0.315 e. The summed E-state index contributed by atoms with van der Waals surface area (Å²) in [4.78, 5) is 7.42. The maximum atomic E-state index is 12.5. The fourth-order valence-corrected chi connectivity index (χ4v) is 2.58. The minimum Gasteiger partial charge on any atom is -0.315 e. The lowest BCUT2D eigenvalue weighted by atomic mass is 10.4. The number of halogens is 2. The van der Waals surface area contributed by atoms with Gasteiger partial charge in [-0.25, -0.2) is 14.4 Å². The number of nitrogens with one attached hydrogen (secondary N) is 1. The van der Waals surface area contributed by atoms with Crippen molar-refractivity contribution in [3.05, 3.63) is 18.2 Å². The minimum absolute atomic E-state index is 0. The molecule has 1 N–H and O–H groups in total. The van der Waals surface area contributed by atoms with Crippen LogP contribution >= 0.6 is 12.4 Å². The molecule has 2 atom stereocenters. The summed E-state index contributed by atoms with van der Waals surface area (Å²) in [5.41, 5.74) is 0. The lowest BCUT2D eigenvalue weighted by Crippen LogP contribution is -2.20. The van der Waals surface area contributed by atoms with Gasteiger partial charge in [0, 0.05) is 6.54 Å². The second-order valence-electron chi connectivity index (χ2n) is 3.10. The van der Waals surface area contributed by atoms with E-state index in [4.69, 9.17) is 0 Å². The molecule has 0 saturated carbocycles. The third kappa shape index (κ3) is 2.93. The minimum atomic E-state index is -1.22. The van der Waals surface area contributed by atoms with E-state index in [-0.39, 0.29) is 22.8 Å². The van der Waals surface area contributed by atoms with Gasteiger partial charge in [0.15, 0.2) is 5.82 Å². The van der Waals surface area contributed by atoms with Gasteiger partial charge in [-0.1, -0.05) is 0 Å². The van der Waals surface area contributed by atoms with Gasteiger partial charge >= 0.3 is 0 Å². The van der Waals surface area contributed by atoms with Crippen molar-refractivity contribution in [2.75, 3.05) is 13.1 Å². The maximum Gasteiger partial charge on any atom is 0.218 e.